The van der Waals surface area contributed by atoms with Crippen LogP contribution in [0, 0.1) is 29.6 Å². The zero-order chi connectivity index (χ0) is 76.9. The summed E-state index contributed by atoms with van der Waals surface area (Å²) in [5, 5.41) is 8.43. The molecule has 0 bridgehead atoms. The lowest BCUT2D eigenvalue weighted by Gasteiger charge is -2.43. The Morgan fingerprint density at radius 3 is 1.81 bits per heavy atom. The molecule has 7 fully saturated rings. The first-order chi connectivity index (χ1) is 49.7. The van der Waals surface area contributed by atoms with Crippen LogP contribution in [0.15, 0.2) is 18.2 Å². The predicted molar refractivity (Wildman–Crippen MR) is 390 cm³/mol. The van der Waals surface area contributed by atoms with E-state index in [9.17, 15) is 37.1 Å². The molecule has 4 saturated carbocycles. The van der Waals surface area contributed by atoms with Crippen LogP contribution in [0.5, 0.6) is 0 Å². The molecule has 1 aromatic rings. The molecular formula is C77H118ClF3N12O12. The Hall–Kier alpha value is -7.06. The highest BCUT2D eigenvalue weighted by molar-refractivity contribution is 6.31. The molecule has 0 radical (unpaired) electrons. The summed E-state index contributed by atoms with van der Waals surface area (Å²) >= 11 is 6.24. The molecular weight excluding hydrogens is 1380 g/mol. The second-order valence-corrected chi connectivity index (χ2v) is 32.5. The standard InChI is InChI=1S/C77H118ClF3N12O12/c1-12-49(4)66-73(103)87(7)46-64(96)85(5)47-65(97)89(9)60(42-50-26-16-13-17-27-50)71(101)86(6)45-62(94)82-56(35-33-51-32-34-54(55(78)41-51)77(79,80)81)70(100)93-57-31-21-20-30-53(57)43-59(93)69(99)84-76(36-22-23-37-76)75(105)91(11)67(52-28-18-14-19-29-52)74(104)90(10)61(72(102)92-38-24-15-25-39-92)44-63(95)88(8)58(40-48(2)3)68(98)83-66/h32,34,41,48-50,52-53,56-61,66-67H,12-31,33,35-40,42-47H2,1-11H3,(H,82,94)(H,83,98)(H,84,99)/t49-,53-,56-,57-,58-,59-,60-,61-,66-,67-/m0/s1. The van der Waals surface area contributed by atoms with Gasteiger partial charge in [-0.15, -0.1) is 0 Å². The molecule has 28 heteroatoms. The van der Waals surface area contributed by atoms with Crippen molar-refractivity contribution in [2.24, 2.45) is 29.6 Å². The second-order valence-electron chi connectivity index (χ2n) is 32.1. The molecule has 3 saturated heterocycles. The maximum atomic E-state index is 16.0. The van der Waals surface area contributed by atoms with Crippen LogP contribution in [0.25, 0.3) is 0 Å². The molecule has 586 valence electrons. The summed E-state index contributed by atoms with van der Waals surface area (Å²) in [6.07, 6.45) is 9.62. The highest BCUT2D eigenvalue weighted by atomic mass is 35.5. The van der Waals surface area contributed by atoms with Crippen LogP contribution in [0.1, 0.15) is 212 Å². The number of amides is 12. The van der Waals surface area contributed by atoms with Crippen molar-refractivity contribution in [1.82, 2.24) is 60.0 Å². The van der Waals surface area contributed by atoms with Gasteiger partial charge in [-0.05, 0) is 137 Å². The maximum Gasteiger partial charge on any atom is 0.417 e. The third-order valence-corrected chi connectivity index (χ3v) is 24.5. The Bertz CT molecular complexity index is 3280. The first-order valence-electron chi connectivity index (χ1n) is 38.9. The highest BCUT2D eigenvalue weighted by Crippen LogP contribution is 2.43. The fourth-order valence-corrected chi connectivity index (χ4v) is 17.8. The number of rotatable bonds is 11. The van der Waals surface area contributed by atoms with Gasteiger partial charge in [0.25, 0.3) is 0 Å². The molecule has 3 aliphatic heterocycles. The molecule has 8 rings (SSSR count). The summed E-state index contributed by atoms with van der Waals surface area (Å²) in [5.41, 5.74) is -2.32. The van der Waals surface area contributed by atoms with E-state index in [1.165, 1.54) is 72.9 Å². The molecule has 24 nitrogen and oxygen atoms in total. The van der Waals surface area contributed by atoms with Gasteiger partial charge >= 0.3 is 6.18 Å². The van der Waals surface area contributed by atoms with Gasteiger partial charge in [0.05, 0.1) is 36.6 Å². The van der Waals surface area contributed by atoms with E-state index in [2.05, 4.69) is 16.0 Å². The number of hydrogen-bond donors (Lipinski definition) is 3. The quantitative estimate of drug-likeness (QED) is 0.193. The number of nitrogens with zero attached hydrogens (tertiary/aromatic N) is 9. The molecule has 10 atom stereocenters. The average Bonchev–Trinajstić information content (AvgIpc) is 1.40. The normalized spacial score (nSPS) is 28.3. The van der Waals surface area contributed by atoms with Crippen LogP contribution in [0.2, 0.25) is 5.02 Å². The van der Waals surface area contributed by atoms with Gasteiger partial charge in [-0.1, -0.05) is 129 Å². The van der Waals surface area contributed by atoms with Crippen molar-refractivity contribution in [3.8, 4) is 0 Å². The lowest BCUT2D eigenvalue weighted by atomic mass is 9.81. The number of aryl methyl sites for hydroxylation is 1. The van der Waals surface area contributed by atoms with Crippen molar-refractivity contribution in [2.75, 3.05) is 82.1 Å². The van der Waals surface area contributed by atoms with Crippen LogP contribution in [-0.4, -0.2) is 251 Å². The predicted octanol–water partition coefficient (Wildman–Crippen LogP) is 7.59. The zero-order valence-corrected chi connectivity index (χ0v) is 64.8. The van der Waals surface area contributed by atoms with Gasteiger partial charge in [-0.3, -0.25) is 57.5 Å². The largest absolute Gasteiger partial charge is 0.417 e. The number of halogens is 4. The van der Waals surface area contributed by atoms with E-state index in [1.54, 1.807) is 18.9 Å². The lowest BCUT2D eigenvalue weighted by molar-refractivity contribution is -0.157. The minimum atomic E-state index is -4.76. The average molecular weight is 1500 g/mol. The molecule has 105 heavy (non-hydrogen) atoms. The minimum absolute atomic E-state index is 0.0186. The van der Waals surface area contributed by atoms with Crippen molar-refractivity contribution in [1.29, 1.82) is 0 Å². The number of likely N-dealkylation sites (tertiary alicyclic amines) is 1. The minimum Gasteiger partial charge on any atom is -0.343 e. The SMILES string of the molecule is CC[C@H](C)[C@@H]1NC(=O)[C@H](CC(C)C)N(C)C(=O)C[C@@H](C(=O)N2CCCCC2)N(C)C(=O)[C@H](C2CCCCC2)N(C)C(=O)C2(CCCC2)NC(=O)[C@@H]2C[C@@H]3CCCC[C@@H]3N2C(=O)[C@H](CCc2ccc(C(F)(F)F)c(Cl)c2)NC(=O)CN(C)C(=O)[C@H](CC2CCCCC2)N(C)C(=O)CN(C)C(=O)CN(C)C1=O. The third kappa shape index (κ3) is 20.6. The number of benzene rings is 1. The van der Waals surface area contributed by atoms with E-state index < -0.39 is 179 Å². The monoisotopic (exact) mass is 1490 g/mol. The number of carbonyl (C=O) groups is 12. The Labute approximate surface area is 624 Å². The summed E-state index contributed by atoms with van der Waals surface area (Å²) in [4.78, 5) is 194. The fraction of sp³-hybridized carbons (Fsp3) is 0.766. The van der Waals surface area contributed by atoms with E-state index in [0.29, 0.717) is 82.9 Å². The molecule has 0 unspecified atom stereocenters. The van der Waals surface area contributed by atoms with E-state index in [1.807, 2.05) is 20.8 Å². The van der Waals surface area contributed by atoms with Crippen molar-refractivity contribution in [2.45, 2.75) is 268 Å². The van der Waals surface area contributed by atoms with E-state index in [0.717, 1.165) is 91.0 Å². The van der Waals surface area contributed by atoms with Crippen LogP contribution in [-0.2, 0) is 70.1 Å². The topological polar surface area (TPSA) is 270 Å². The van der Waals surface area contributed by atoms with E-state index >= 15 is 33.6 Å². The first-order valence-corrected chi connectivity index (χ1v) is 39.2. The fourth-order valence-electron chi connectivity index (χ4n) is 17.5. The van der Waals surface area contributed by atoms with Crippen LogP contribution in [0.4, 0.5) is 13.2 Å². The van der Waals surface area contributed by atoms with Crippen molar-refractivity contribution in [3.63, 3.8) is 0 Å². The Balaban J connectivity index is 1.20. The number of hydrogen-bond acceptors (Lipinski definition) is 12. The highest BCUT2D eigenvalue weighted by Gasteiger charge is 2.54. The number of piperidine rings is 1. The molecule has 3 heterocycles. The van der Waals surface area contributed by atoms with Crippen LogP contribution >= 0.6 is 11.6 Å². The first kappa shape index (κ1) is 83.6. The molecule has 3 N–H and O–H groups in total. The summed E-state index contributed by atoms with van der Waals surface area (Å²) in [5.74, 6) is -8.68. The van der Waals surface area contributed by atoms with Crippen LogP contribution in [0.3, 0.4) is 0 Å². The molecule has 4 aliphatic carbocycles. The lowest BCUT2D eigenvalue weighted by Crippen LogP contribution is -2.65. The van der Waals surface area contributed by atoms with Gasteiger partial charge < -0.3 is 60.0 Å². The number of alkyl halides is 3. The number of fused-ring (bicyclic) bond motifs is 3. The smallest absolute Gasteiger partial charge is 0.343 e. The number of likely N-dealkylation sites (N-methyl/N-ethyl adjacent to an activating group) is 7. The Morgan fingerprint density at radius 1 is 0.610 bits per heavy atom. The van der Waals surface area contributed by atoms with E-state index in [4.69, 9.17) is 11.6 Å². The van der Waals surface area contributed by atoms with Gasteiger partial charge in [0.15, 0.2) is 0 Å². The van der Waals surface area contributed by atoms with Crippen molar-refractivity contribution < 1.29 is 70.7 Å². The number of carbonyl (C=O) groups excluding carboxylic acids is 12. The van der Waals surface area contributed by atoms with Gasteiger partial charge in [0.2, 0.25) is 70.9 Å². The second kappa shape index (κ2) is 37.2. The third-order valence-electron chi connectivity index (χ3n) is 24.2. The van der Waals surface area contributed by atoms with Crippen molar-refractivity contribution in [3.05, 3.63) is 34.3 Å². The summed E-state index contributed by atoms with van der Waals surface area (Å²) < 4.78 is 42.1. The zero-order valence-electron chi connectivity index (χ0n) is 64.0. The molecule has 7 aliphatic rings. The summed E-state index contributed by atoms with van der Waals surface area (Å²) in [6, 6.07) is -5.94. The van der Waals surface area contributed by atoms with Gasteiger partial charge in [-0.2, -0.15) is 13.2 Å². The maximum absolute atomic E-state index is 16.0. The number of nitrogens with one attached hydrogen (secondary N) is 3. The van der Waals surface area contributed by atoms with Gasteiger partial charge in [0.1, 0.15) is 47.8 Å². The van der Waals surface area contributed by atoms with Crippen molar-refractivity contribution >= 4 is 82.5 Å². The summed E-state index contributed by atoms with van der Waals surface area (Å²) in [6.45, 7) is 6.46. The molecule has 12 amide bonds. The summed E-state index contributed by atoms with van der Waals surface area (Å²) in [7, 11) is 10.1. The van der Waals surface area contributed by atoms with Gasteiger partial charge in [0, 0.05) is 68.5 Å². The molecule has 1 spiro atoms. The Morgan fingerprint density at radius 2 is 1.19 bits per heavy atom. The molecule has 0 aromatic heterocycles. The van der Waals surface area contributed by atoms with Gasteiger partial charge in [-0.25, -0.2) is 0 Å². The Kier molecular flexibility index (Phi) is 29.6. The van der Waals surface area contributed by atoms with E-state index in [-0.39, 0.29) is 62.7 Å². The molecule has 1 aromatic carbocycles. The van der Waals surface area contributed by atoms with Crippen LogP contribution < -0.4 is 16.0 Å².